The molecule has 0 radical (unpaired) electrons. The zero-order valence-corrected chi connectivity index (χ0v) is 15.9. The second kappa shape index (κ2) is 7.50. The minimum absolute atomic E-state index is 0.0786. The van der Waals surface area contributed by atoms with Crippen molar-refractivity contribution in [2.75, 3.05) is 18.5 Å². The summed E-state index contributed by atoms with van der Waals surface area (Å²) in [7, 11) is 0. The standard InChI is InChI=1S/C19H19N3O4S/c1-11-4-3-5-13(8-11)25-10-16(23)21-19-17(18-20-12(2)22-26-18)14-6-7-24-9-15(14)27-19/h3-5,8H,6-7,9-10H2,1-2H3,(H,21,23). The summed E-state index contributed by atoms with van der Waals surface area (Å²) in [5.41, 5.74) is 2.97. The fourth-order valence-corrected chi connectivity index (χ4v) is 4.16. The van der Waals surface area contributed by atoms with Crippen LogP contribution in [0.3, 0.4) is 0 Å². The Balaban J connectivity index is 1.54. The molecule has 0 aliphatic carbocycles. The monoisotopic (exact) mass is 385 g/mol. The number of nitrogens with zero attached hydrogens (tertiary/aromatic N) is 2. The van der Waals surface area contributed by atoms with Crippen molar-refractivity contribution in [1.82, 2.24) is 10.1 Å². The van der Waals surface area contributed by atoms with Crippen LogP contribution in [0, 0.1) is 13.8 Å². The number of thiophene rings is 1. The van der Waals surface area contributed by atoms with E-state index in [0.717, 1.165) is 28.0 Å². The number of ether oxygens (including phenoxy) is 2. The smallest absolute Gasteiger partial charge is 0.262 e. The van der Waals surface area contributed by atoms with Crippen molar-refractivity contribution in [1.29, 1.82) is 0 Å². The van der Waals surface area contributed by atoms with Crippen molar-refractivity contribution in [3.8, 4) is 17.2 Å². The number of aromatic nitrogens is 2. The fourth-order valence-electron chi connectivity index (χ4n) is 2.96. The van der Waals surface area contributed by atoms with Gasteiger partial charge in [0.05, 0.1) is 18.8 Å². The van der Waals surface area contributed by atoms with Gasteiger partial charge < -0.3 is 19.3 Å². The molecule has 1 aliphatic heterocycles. The maximum absolute atomic E-state index is 12.4. The molecule has 0 spiro atoms. The number of aryl methyl sites for hydroxylation is 2. The zero-order valence-electron chi connectivity index (χ0n) is 15.1. The first-order valence-electron chi connectivity index (χ1n) is 8.62. The Bertz CT molecular complexity index is 979. The number of hydrogen-bond acceptors (Lipinski definition) is 7. The lowest BCUT2D eigenvalue weighted by Gasteiger charge is -2.12. The van der Waals surface area contributed by atoms with Gasteiger partial charge in [-0.1, -0.05) is 17.3 Å². The van der Waals surface area contributed by atoms with Crippen molar-refractivity contribution in [3.05, 3.63) is 46.1 Å². The molecule has 0 saturated carbocycles. The summed E-state index contributed by atoms with van der Waals surface area (Å²) < 4.78 is 16.5. The molecule has 0 atom stereocenters. The molecule has 3 aromatic rings. The highest BCUT2D eigenvalue weighted by molar-refractivity contribution is 7.17. The van der Waals surface area contributed by atoms with Crippen LogP contribution in [0.25, 0.3) is 11.5 Å². The van der Waals surface area contributed by atoms with Gasteiger partial charge in [0.2, 0.25) is 0 Å². The summed E-state index contributed by atoms with van der Waals surface area (Å²) >= 11 is 1.48. The molecule has 0 fully saturated rings. The molecule has 0 saturated heterocycles. The van der Waals surface area contributed by atoms with Crippen LogP contribution in [-0.4, -0.2) is 29.3 Å². The number of amides is 1. The van der Waals surface area contributed by atoms with Crippen LogP contribution in [0.15, 0.2) is 28.8 Å². The predicted molar refractivity (Wildman–Crippen MR) is 101 cm³/mol. The number of hydrogen-bond donors (Lipinski definition) is 1. The van der Waals surface area contributed by atoms with Crippen LogP contribution in [0.2, 0.25) is 0 Å². The molecule has 2 aromatic heterocycles. The van der Waals surface area contributed by atoms with Crippen molar-refractivity contribution in [2.45, 2.75) is 26.9 Å². The second-order valence-electron chi connectivity index (χ2n) is 6.31. The van der Waals surface area contributed by atoms with E-state index in [9.17, 15) is 4.79 Å². The van der Waals surface area contributed by atoms with Crippen molar-refractivity contribution in [2.24, 2.45) is 0 Å². The summed E-state index contributed by atoms with van der Waals surface area (Å²) in [6.45, 7) is 4.82. The quantitative estimate of drug-likeness (QED) is 0.723. The summed E-state index contributed by atoms with van der Waals surface area (Å²) in [5, 5.41) is 7.49. The molecule has 27 heavy (non-hydrogen) atoms. The minimum atomic E-state index is -0.242. The first-order chi connectivity index (χ1) is 13.1. The van der Waals surface area contributed by atoms with Gasteiger partial charge >= 0.3 is 0 Å². The summed E-state index contributed by atoms with van der Waals surface area (Å²) in [6, 6.07) is 7.59. The zero-order chi connectivity index (χ0) is 18.8. The lowest BCUT2D eigenvalue weighted by molar-refractivity contribution is -0.118. The molecule has 8 heteroatoms. The largest absolute Gasteiger partial charge is 0.484 e. The Morgan fingerprint density at radius 2 is 2.26 bits per heavy atom. The molecule has 4 rings (SSSR count). The third-order valence-corrected chi connectivity index (χ3v) is 5.30. The van der Waals surface area contributed by atoms with E-state index in [4.69, 9.17) is 14.0 Å². The van der Waals surface area contributed by atoms with E-state index in [1.54, 1.807) is 6.92 Å². The summed E-state index contributed by atoms with van der Waals surface area (Å²) in [4.78, 5) is 17.9. The first-order valence-corrected chi connectivity index (χ1v) is 9.44. The fraction of sp³-hybridized carbons (Fsp3) is 0.316. The van der Waals surface area contributed by atoms with Gasteiger partial charge in [-0.05, 0) is 43.5 Å². The highest BCUT2D eigenvalue weighted by Gasteiger charge is 2.26. The number of rotatable bonds is 5. The average molecular weight is 385 g/mol. The van der Waals surface area contributed by atoms with Gasteiger partial charge in [0.1, 0.15) is 10.8 Å². The van der Waals surface area contributed by atoms with Crippen LogP contribution >= 0.6 is 11.3 Å². The molecule has 7 nitrogen and oxygen atoms in total. The van der Waals surface area contributed by atoms with Crippen molar-refractivity contribution >= 4 is 22.2 Å². The highest BCUT2D eigenvalue weighted by Crippen LogP contribution is 2.42. The molecule has 1 aromatic carbocycles. The molecular formula is C19H19N3O4S. The number of benzene rings is 1. The molecule has 0 bridgehead atoms. The normalized spacial score (nSPS) is 13.3. The van der Waals surface area contributed by atoms with Crippen molar-refractivity contribution in [3.63, 3.8) is 0 Å². The minimum Gasteiger partial charge on any atom is -0.484 e. The van der Waals surface area contributed by atoms with Gasteiger partial charge in [-0.15, -0.1) is 11.3 Å². The maximum atomic E-state index is 12.4. The van der Waals surface area contributed by atoms with E-state index in [1.165, 1.54) is 11.3 Å². The van der Waals surface area contributed by atoms with E-state index in [1.807, 2.05) is 31.2 Å². The van der Waals surface area contributed by atoms with E-state index in [0.29, 0.717) is 35.7 Å². The van der Waals surface area contributed by atoms with E-state index >= 15 is 0 Å². The van der Waals surface area contributed by atoms with Crippen LogP contribution < -0.4 is 10.1 Å². The van der Waals surface area contributed by atoms with Crippen LogP contribution in [0.4, 0.5) is 5.00 Å². The molecular weight excluding hydrogens is 366 g/mol. The third-order valence-electron chi connectivity index (χ3n) is 4.17. The Hall–Kier alpha value is -2.71. The van der Waals surface area contributed by atoms with Crippen LogP contribution in [0.1, 0.15) is 21.8 Å². The van der Waals surface area contributed by atoms with E-state index in [-0.39, 0.29) is 12.5 Å². The number of carbonyl (C=O) groups excluding carboxylic acids is 1. The third kappa shape index (κ3) is 3.86. The van der Waals surface area contributed by atoms with Crippen LogP contribution in [0.5, 0.6) is 5.75 Å². The molecule has 1 amide bonds. The molecule has 140 valence electrons. The Kier molecular flexibility index (Phi) is 4.91. The van der Waals surface area contributed by atoms with Crippen LogP contribution in [-0.2, 0) is 22.6 Å². The lowest BCUT2D eigenvalue weighted by atomic mass is 10.1. The van der Waals surface area contributed by atoms with E-state index in [2.05, 4.69) is 15.5 Å². The predicted octanol–water partition coefficient (Wildman–Crippen LogP) is 3.51. The second-order valence-corrected chi connectivity index (χ2v) is 7.42. The Morgan fingerprint density at radius 1 is 1.37 bits per heavy atom. The maximum Gasteiger partial charge on any atom is 0.262 e. The Labute approximate surface area is 160 Å². The number of anilines is 1. The lowest BCUT2D eigenvalue weighted by Crippen LogP contribution is -2.20. The van der Waals surface area contributed by atoms with Gasteiger partial charge in [0, 0.05) is 4.88 Å². The Morgan fingerprint density at radius 3 is 3.04 bits per heavy atom. The average Bonchev–Trinajstić information content (AvgIpc) is 3.22. The van der Waals surface area contributed by atoms with Gasteiger partial charge in [0.15, 0.2) is 12.4 Å². The first kappa shape index (κ1) is 17.7. The number of nitrogens with one attached hydrogen (secondary N) is 1. The van der Waals surface area contributed by atoms with Gasteiger partial charge in [-0.25, -0.2) is 0 Å². The molecule has 1 aliphatic rings. The van der Waals surface area contributed by atoms with E-state index < -0.39 is 0 Å². The summed E-state index contributed by atoms with van der Waals surface area (Å²) in [5.74, 6) is 1.39. The molecule has 0 unspecified atom stereocenters. The van der Waals surface area contributed by atoms with Crippen molar-refractivity contribution < 1.29 is 18.8 Å². The van der Waals surface area contributed by atoms with Gasteiger partial charge in [-0.2, -0.15) is 4.98 Å². The van der Waals surface area contributed by atoms with Gasteiger partial charge in [0.25, 0.3) is 11.8 Å². The molecule has 3 heterocycles. The highest BCUT2D eigenvalue weighted by atomic mass is 32.1. The topological polar surface area (TPSA) is 86.5 Å². The number of fused-ring (bicyclic) bond motifs is 1. The molecule has 1 N–H and O–H groups in total. The van der Waals surface area contributed by atoms with Gasteiger partial charge in [-0.3, -0.25) is 4.79 Å². The summed E-state index contributed by atoms with van der Waals surface area (Å²) in [6.07, 6.45) is 0.748. The SMILES string of the molecule is Cc1cccc(OCC(=O)Nc2sc3c(c2-c2nc(C)no2)CCOC3)c1. The number of carbonyl (C=O) groups is 1.